The average Bonchev–Trinajstić information content (AvgIpc) is 3.35. The fraction of sp³-hybridized carbons (Fsp3) is 0.706. The van der Waals surface area contributed by atoms with Gasteiger partial charge in [0.15, 0.2) is 0 Å². The Bertz CT molecular complexity index is 669. The number of likely N-dealkylation sites (tertiary alicyclic amines) is 1. The summed E-state index contributed by atoms with van der Waals surface area (Å²) in [5.41, 5.74) is 5.24. The Labute approximate surface area is 173 Å². The van der Waals surface area contributed by atoms with E-state index in [4.69, 9.17) is 10.8 Å². The van der Waals surface area contributed by atoms with Crippen LogP contribution in [0.1, 0.15) is 32.1 Å². The van der Waals surface area contributed by atoms with E-state index >= 15 is 0 Å². The van der Waals surface area contributed by atoms with Crippen LogP contribution in [0.4, 0.5) is 0 Å². The Morgan fingerprint density at radius 3 is 2.34 bits per heavy atom. The molecule has 2 heterocycles. The monoisotopic (exact) mass is 429 g/mol. The molecule has 2 aliphatic heterocycles. The lowest BCUT2D eigenvalue weighted by Gasteiger charge is -2.29. The van der Waals surface area contributed by atoms with E-state index in [9.17, 15) is 24.0 Å². The summed E-state index contributed by atoms with van der Waals surface area (Å²) in [6, 6.07) is -3.70. The predicted molar refractivity (Wildman–Crippen MR) is 105 cm³/mol. The van der Waals surface area contributed by atoms with Gasteiger partial charge in [-0.3, -0.25) is 19.2 Å². The van der Waals surface area contributed by atoms with Crippen molar-refractivity contribution in [2.75, 3.05) is 18.8 Å². The summed E-state index contributed by atoms with van der Waals surface area (Å²) in [5, 5.41) is 17.0. The molecule has 2 aliphatic rings. The third-order valence-corrected chi connectivity index (χ3v) is 5.40. The Balaban J connectivity index is 2.09. The highest BCUT2D eigenvalue weighted by Gasteiger charge is 2.39. The molecule has 2 rings (SSSR count). The summed E-state index contributed by atoms with van der Waals surface area (Å²) in [6.45, 7) is 0.944. The first-order chi connectivity index (χ1) is 13.7. The van der Waals surface area contributed by atoms with Crippen molar-refractivity contribution in [1.29, 1.82) is 0 Å². The number of carboxylic acid groups (broad SMARTS) is 1. The van der Waals surface area contributed by atoms with Gasteiger partial charge in [0.25, 0.3) is 0 Å². The van der Waals surface area contributed by atoms with Crippen LogP contribution in [0.25, 0.3) is 0 Å². The lowest BCUT2D eigenvalue weighted by Crippen LogP contribution is -2.57. The molecular weight excluding hydrogens is 402 g/mol. The molecule has 4 unspecified atom stereocenters. The molecule has 162 valence electrons. The number of carboxylic acids is 1. The molecule has 0 saturated carbocycles. The Kier molecular flexibility index (Phi) is 8.26. The maximum Gasteiger partial charge on any atom is 0.327 e. The Morgan fingerprint density at radius 2 is 1.79 bits per heavy atom. The van der Waals surface area contributed by atoms with Gasteiger partial charge in [0, 0.05) is 12.3 Å². The molecular formula is C17H27N5O6S. The van der Waals surface area contributed by atoms with Crippen molar-refractivity contribution >= 4 is 42.2 Å². The lowest BCUT2D eigenvalue weighted by molar-refractivity contribution is -0.145. The number of amides is 4. The highest BCUT2D eigenvalue weighted by Crippen LogP contribution is 2.20. The zero-order valence-corrected chi connectivity index (χ0v) is 16.8. The summed E-state index contributed by atoms with van der Waals surface area (Å²) < 4.78 is 0. The zero-order chi connectivity index (χ0) is 21.6. The topological polar surface area (TPSA) is 171 Å². The Morgan fingerprint density at radius 1 is 1.10 bits per heavy atom. The van der Waals surface area contributed by atoms with E-state index in [2.05, 4.69) is 28.6 Å². The summed E-state index contributed by atoms with van der Waals surface area (Å²) in [4.78, 5) is 61.7. The molecule has 0 bridgehead atoms. The van der Waals surface area contributed by atoms with Crippen molar-refractivity contribution in [3.05, 3.63) is 0 Å². The summed E-state index contributed by atoms with van der Waals surface area (Å²) >= 11 is 3.90. The van der Waals surface area contributed by atoms with Crippen molar-refractivity contribution in [2.45, 2.75) is 56.3 Å². The first-order valence-electron chi connectivity index (χ1n) is 9.51. The fourth-order valence-electron chi connectivity index (χ4n) is 3.54. The predicted octanol–water partition coefficient (Wildman–Crippen LogP) is -2.41. The number of carbonyl (C=O) groups excluding carboxylic acids is 4. The SMILES string of the molecule is NC(=O)CC(NC(=O)C1CCCN1)C(=O)N1CCCC1C(=O)NC(CS)C(=O)O. The Hall–Kier alpha value is -2.34. The minimum atomic E-state index is -1.23. The van der Waals surface area contributed by atoms with Gasteiger partial charge in [0.2, 0.25) is 23.6 Å². The highest BCUT2D eigenvalue weighted by molar-refractivity contribution is 7.80. The lowest BCUT2D eigenvalue weighted by atomic mass is 10.1. The van der Waals surface area contributed by atoms with Crippen LogP contribution in [0.3, 0.4) is 0 Å². The summed E-state index contributed by atoms with van der Waals surface area (Å²) in [6.07, 6.45) is 1.94. The van der Waals surface area contributed by atoms with Crippen molar-refractivity contribution in [1.82, 2.24) is 20.9 Å². The quantitative estimate of drug-likeness (QED) is 0.222. The smallest absolute Gasteiger partial charge is 0.327 e. The molecule has 4 atom stereocenters. The van der Waals surface area contributed by atoms with Crippen LogP contribution < -0.4 is 21.7 Å². The van der Waals surface area contributed by atoms with Crippen molar-refractivity contribution in [3.8, 4) is 0 Å². The normalized spacial score (nSPS) is 23.3. The van der Waals surface area contributed by atoms with Crippen LogP contribution in [0.2, 0.25) is 0 Å². The minimum Gasteiger partial charge on any atom is -0.480 e. The molecule has 0 spiro atoms. The van der Waals surface area contributed by atoms with E-state index in [1.54, 1.807) is 0 Å². The summed E-state index contributed by atoms with van der Waals surface area (Å²) in [5.74, 6) is -3.69. The van der Waals surface area contributed by atoms with Gasteiger partial charge in [-0.2, -0.15) is 12.6 Å². The standard InChI is InChI=1S/C17H27N5O6S/c18-13(23)7-10(20-14(24)9-3-1-5-19-9)16(26)22-6-2-4-12(22)15(25)21-11(8-29)17(27)28/h9-12,19,29H,1-8H2,(H2,18,23)(H,20,24)(H,21,25)(H,27,28). The molecule has 0 aromatic rings. The largest absolute Gasteiger partial charge is 0.480 e. The van der Waals surface area contributed by atoms with Crippen LogP contribution in [-0.2, 0) is 24.0 Å². The molecule has 4 amide bonds. The number of rotatable bonds is 9. The van der Waals surface area contributed by atoms with Gasteiger partial charge in [0.1, 0.15) is 18.1 Å². The van der Waals surface area contributed by atoms with Crippen molar-refractivity contribution in [3.63, 3.8) is 0 Å². The number of hydrogen-bond acceptors (Lipinski definition) is 7. The second-order valence-corrected chi connectivity index (χ2v) is 7.52. The number of thiol groups is 1. The van der Waals surface area contributed by atoms with E-state index in [1.165, 1.54) is 4.90 Å². The van der Waals surface area contributed by atoms with Gasteiger partial charge in [-0.25, -0.2) is 4.79 Å². The number of nitrogens with two attached hydrogens (primary N) is 1. The molecule has 11 nitrogen and oxygen atoms in total. The molecule has 2 fully saturated rings. The first-order valence-corrected chi connectivity index (χ1v) is 10.1. The van der Waals surface area contributed by atoms with Gasteiger partial charge in [-0.15, -0.1) is 0 Å². The molecule has 2 saturated heterocycles. The van der Waals surface area contributed by atoms with Gasteiger partial charge < -0.3 is 31.7 Å². The van der Waals surface area contributed by atoms with E-state index in [1.807, 2.05) is 0 Å². The summed E-state index contributed by atoms with van der Waals surface area (Å²) in [7, 11) is 0. The third-order valence-electron chi connectivity index (χ3n) is 5.03. The molecule has 6 N–H and O–H groups in total. The van der Waals surface area contributed by atoms with E-state index in [-0.39, 0.29) is 12.3 Å². The highest BCUT2D eigenvalue weighted by atomic mass is 32.1. The van der Waals surface area contributed by atoms with Crippen LogP contribution >= 0.6 is 12.6 Å². The second kappa shape index (κ2) is 10.4. The number of nitrogens with zero attached hydrogens (tertiary/aromatic N) is 1. The maximum atomic E-state index is 13.0. The van der Waals surface area contributed by atoms with Crippen molar-refractivity contribution in [2.24, 2.45) is 5.73 Å². The van der Waals surface area contributed by atoms with Gasteiger partial charge >= 0.3 is 5.97 Å². The van der Waals surface area contributed by atoms with Crippen LogP contribution in [0, 0.1) is 0 Å². The molecule has 29 heavy (non-hydrogen) atoms. The van der Waals surface area contributed by atoms with Gasteiger partial charge in [0.05, 0.1) is 12.5 Å². The second-order valence-electron chi connectivity index (χ2n) is 7.15. The molecule has 0 aromatic carbocycles. The zero-order valence-electron chi connectivity index (χ0n) is 15.9. The van der Waals surface area contributed by atoms with Gasteiger partial charge in [-0.05, 0) is 32.2 Å². The first kappa shape index (κ1) is 22.9. The fourth-order valence-corrected chi connectivity index (χ4v) is 3.79. The molecule has 12 heteroatoms. The number of carbonyl (C=O) groups is 5. The van der Waals surface area contributed by atoms with Gasteiger partial charge in [-0.1, -0.05) is 0 Å². The third kappa shape index (κ3) is 6.07. The van der Waals surface area contributed by atoms with E-state index < -0.39 is 60.2 Å². The average molecular weight is 429 g/mol. The number of primary amides is 1. The van der Waals surface area contributed by atoms with Crippen molar-refractivity contribution < 1.29 is 29.1 Å². The van der Waals surface area contributed by atoms with E-state index in [0.29, 0.717) is 25.8 Å². The van der Waals surface area contributed by atoms with Crippen LogP contribution in [0.15, 0.2) is 0 Å². The van der Waals surface area contributed by atoms with Crippen LogP contribution in [-0.4, -0.2) is 82.6 Å². The number of nitrogens with one attached hydrogen (secondary N) is 3. The van der Waals surface area contributed by atoms with E-state index in [0.717, 1.165) is 6.42 Å². The molecule has 0 aromatic heterocycles. The minimum absolute atomic E-state index is 0.101. The van der Waals surface area contributed by atoms with Crippen LogP contribution in [0.5, 0.6) is 0 Å². The molecule has 0 radical (unpaired) electrons. The number of hydrogen-bond donors (Lipinski definition) is 6. The maximum absolute atomic E-state index is 13.0. The number of aliphatic carboxylic acids is 1. The molecule has 0 aliphatic carbocycles.